The van der Waals surface area contributed by atoms with E-state index in [1.54, 1.807) is 12.1 Å². The second-order valence-electron chi connectivity index (χ2n) is 5.05. The van der Waals surface area contributed by atoms with Crippen molar-refractivity contribution in [3.63, 3.8) is 0 Å². The van der Waals surface area contributed by atoms with E-state index in [0.29, 0.717) is 5.13 Å². The first-order valence-corrected chi connectivity index (χ1v) is 8.21. The predicted molar refractivity (Wildman–Crippen MR) is 92.8 cm³/mol. The highest BCUT2D eigenvalue weighted by Gasteiger charge is 2.10. The van der Waals surface area contributed by atoms with Gasteiger partial charge in [-0.2, -0.15) is 0 Å². The molecule has 0 bridgehead atoms. The normalized spacial score (nSPS) is 10.4. The van der Waals surface area contributed by atoms with Crippen molar-refractivity contribution in [3.8, 4) is 0 Å². The number of para-hydroxylation sites is 1. The zero-order valence-corrected chi connectivity index (χ0v) is 13.5. The van der Waals surface area contributed by atoms with E-state index in [9.17, 15) is 9.18 Å². The standard InChI is InChI=1S/C17H15FN4OS/c18-13-8-4-5-9-14(13)19-16(23)20-17-22-21-15(24-17)11-10-12-6-2-1-3-7-12/h1-9H,10-11H2,(H2,19,20,22,23). The van der Waals surface area contributed by atoms with Crippen LogP contribution in [0.5, 0.6) is 0 Å². The number of benzene rings is 2. The summed E-state index contributed by atoms with van der Waals surface area (Å²) in [5.41, 5.74) is 1.34. The molecule has 1 aromatic heterocycles. The second kappa shape index (κ2) is 7.65. The molecule has 5 nitrogen and oxygen atoms in total. The number of hydrogen-bond acceptors (Lipinski definition) is 4. The van der Waals surface area contributed by atoms with Crippen LogP contribution < -0.4 is 10.6 Å². The molecule has 0 saturated carbocycles. The molecule has 2 N–H and O–H groups in total. The lowest BCUT2D eigenvalue weighted by Crippen LogP contribution is -2.19. The number of carbonyl (C=O) groups excluding carboxylic acids is 1. The van der Waals surface area contributed by atoms with Gasteiger partial charge in [-0.3, -0.25) is 5.32 Å². The van der Waals surface area contributed by atoms with Crippen LogP contribution in [0.3, 0.4) is 0 Å². The number of amides is 2. The van der Waals surface area contributed by atoms with Gasteiger partial charge in [0.2, 0.25) is 5.13 Å². The number of hydrogen-bond donors (Lipinski definition) is 2. The average molecular weight is 342 g/mol. The summed E-state index contributed by atoms with van der Waals surface area (Å²) in [5, 5.41) is 14.2. The Morgan fingerprint density at radius 3 is 2.50 bits per heavy atom. The maximum atomic E-state index is 13.5. The van der Waals surface area contributed by atoms with E-state index in [2.05, 4.69) is 33.0 Å². The first-order chi connectivity index (χ1) is 11.7. The minimum Gasteiger partial charge on any atom is -0.305 e. The fraction of sp³-hybridized carbons (Fsp3) is 0.118. The van der Waals surface area contributed by atoms with Crippen molar-refractivity contribution in [1.82, 2.24) is 10.2 Å². The van der Waals surface area contributed by atoms with Gasteiger partial charge >= 0.3 is 6.03 Å². The van der Waals surface area contributed by atoms with Crippen LogP contribution >= 0.6 is 11.3 Å². The summed E-state index contributed by atoms with van der Waals surface area (Å²) in [7, 11) is 0. The van der Waals surface area contributed by atoms with Gasteiger partial charge in [0.15, 0.2) is 0 Å². The van der Waals surface area contributed by atoms with Crippen molar-refractivity contribution >= 4 is 28.2 Å². The Morgan fingerprint density at radius 1 is 0.958 bits per heavy atom. The van der Waals surface area contributed by atoms with Gasteiger partial charge in [-0.25, -0.2) is 9.18 Å². The fourth-order valence-electron chi connectivity index (χ4n) is 2.11. The molecule has 0 atom stereocenters. The molecule has 2 aromatic carbocycles. The smallest absolute Gasteiger partial charge is 0.305 e. The van der Waals surface area contributed by atoms with E-state index in [4.69, 9.17) is 0 Å². The molecule has 0 radical (unpaired) electrons. The van der Waals surface area contributed by atoms with Gasteiger partial charge in [0.05, 0.1) is 5.69 Å². The molecule has 7 heteroatoms. The monoisotopic (exact) mass is 342 g/mol. The maximum absolute atomic E-state index is 13.5. The van der Waals surface area contributed by atoms with Gasteiger partial charge < -0.3 is 5.32 Å². The Bertz CT molecular complexity index is 822. The van der Waals surface area contributed by atoms with E-state index < -0.39 is 11.8 Å². The van der Waals surface area contributed by atoms with Crippen molar-refractivity contribution in [2.45, 2.75) is 12.8 Å². The molecule has 3 aromatic rings. The third-order valence-electron chi connectivity index (χ3n) is 3.28. The van der Waals surface area contributed by atoms with Crippen LogP contribution in [0.4, 0.5) is 20.0 Å². The van der Waals surface area contributed by atoms with Crippen molar-refractivity contribution in [2.75, 3.05) is 10.6 Å². The molecule has 122 valence electrons. The summed E-state index contributed by atoms with van der Waals surface area (Å²) >= 11 is 1.31. The van der Waals surface area contributed by atoms with Crippen LogP contribution in [0.25, 0.3) is 0 Å². The molecule has 0 spiro atoms. The second-order valence-corrected chi connectivity index (χ2v) is 6.11. The zero-order chi connectivity index (χ0) is 16.8. The molecule has 0 fully saturated rings. The third kappa shape index (κ3) is 4.36. The number of halogens is 1. The Balaban J connectivity index is 1.54. The largest absolute Gasteiger partial charge is 0.325 e. The minimum atomic E-state index is -0.550. The quantitative estimate of drug-likeness (QED) is 0.733. The summed E-state index contributed by atoms with van der Waals surface area (Å²) in [6.45, 7) is 0. The number of nitrogens with zero attached hydrogens (tertiary/aromatic N) is 2. The number of nitrogens with one attached hydrogen (secondary N) is 2. The number of rotatable bonds is 5. The van der Waals surface area contributed by atoms with Crippen molar-refractivity contribution in [2.24, 2.45) is 0 Å². The van der Waals surface area contributed by atoms with Crippen molar-refractivity contribution < 1.29 is 9.18 Å². The van der Waals surface area contributed by atoms with Crippen LogP contribution in [0.15, 0.2) is 54.6 Å². The number of carbonyl (C=O) groups is 1. The zero-order valence-electron chi connectivity index (χ0n) is 12.7. The molecule has 3 rings (SSSR count). The van der Waals surface area contributed by atoms with Crippen molar-refractivity contribution in [1.29, 1.82) is 0 Å². The molecule has 0 saturated heterocycles. The van der Waals surface area contributed by atoms with E-state index in [1.807, 2.05) is 18.2 Å². The first-order valence-electron chi connectivity index (χ1n) is 7.39. The molecule has 1 heterocycles. The molecule has 2 amide bonds. The van der Waals surface area contributed by atoms with Crippen LogP contribution in [0, 0.1) is 5.82 Å². The lowest BCUT2D eigenvalue weighted by atomic mass is 10.1. The van der Waals surface area contributed by atoms with E-state index in [1.165, 1.54) is 29.0 Å². The van der Waals surface area contributed by atoms with Gasteiger partial charge in [-0.05, 0) is 24.1 Å². The maximum Gasteiger partial charge on any atom is 0.325 e. The first kappa shape index (κ1) is 16.1. The Morgan fingerprint density at radius 2 is 1.71 bits per heavy atom. The minimum absolute atomic E-state index is 0.115. The molecule has 0 aliphatic rings. The van der Waals surface area contributed by atoms with Crippen LogP contribution in [-0.2, 0) is 12.8 Å². The van der Waals surface area contributed by atoms with Crippen LogP contribution in [0.1, 0.15) is 10.6 Å². The molecular weight excluding hydrogens is 327 g/mol. The Kier molecular flexibility index (Phi) is 5.12. The summed E-state index contributed by atoms with van der Waals surface area (Å²) in [6.07, 6.45) is 1.61. The number of aryl methyl sites for hydroxylation is 2. The molecule has 24 heavy (non-hydrogen) atoms. The number of aromatic nitrogens is 2. The van der Waals surface area contributed by atoms with E-state index in [-0.39, 0.29) is 5.69 Å². The summed E-state index contributed by atoms with van der Waals surface area (Å²) in [6, 6.07) is 15.5. The summed E-state index contributed by atoms with van der Waals surface area (Å²) in [4.78, 5) is 11.9. The summed E-state index contributed by atoms with van der Waals surface area (Å²) < 4.78 is 13.5. The molecule has 0 aliphatic carbocycles. The highest BCUT2D eigenvalue weighted by Crippen LogP contribution is 2.18. The van der Waals surface area contributed by atoms with Gasteiger partial charge in [-0.15, -0.1) is 10.2 Å². The fourth-order valence-corrected chi connectivity index (χ4v) is 2.85. The average Bonchev–Trinajstić information content (AvgIpc) is 3.03. The SMILES string of the molecule is O=C(Nc1nnc(CCc2ccccc2)s1)Nc1ccccc1F. The predicted octanol–water partition coefficient (Wildman–Crippen LogP) is 4.11. The van der Waals surface area contributed by atoms with Crippen molar-refractivity contribution in [3.05, 3.63) is 71.0 Å². The molecule has 0 aliphatic heterocycles. The molecular formula is C17H15FN4OS. The van der Waals surface area contributed by atoms with Crippen LogP contribution in [0.2, 0.25) is 0 Å². The Labute approximate surface area is 142 Å². The highest BCUT2D eigenvalue weighted by molar-refractivity contribution is 7.15. The van der Waals surface area contributed by atoms with Gasteiger partial charge in [0.25, 0.3) is 0 Å². The van der Waals surface area contributed by atoms with E-state index in [0.717, 1.165) is 17.8 Å². The lowest BCUT2D eigenvalue weighted by molar-refractivity contribution is 0.262. The molecule has 0 unspecified atom stereocenters. The topological polar surface area (TPSA) is 66.9 Å². The summed E-state index contributed by atoms with van der Waals surface area (Å²) in [5.74, 6) is -0.492. The van der Waals surface area contributed by atoms with E-state index >= 15 is 0 Å². The van der Waals surface area contributed by atoms with Crippen LogP contribution in [-0.4, -0.2) is 16.2 Å². The lowest BCUT2D eigenvalue weighted by Gasteiger charge is -2.05. The number of anilines is 2. The van der Waals surface area contributed by atoms with Gasteiger partial charge in [0, 0.05) is 6.42 Å². The van der Waals surface area contributed by atoms with Gasteiger partial charge in [0.1, 0.15) is 10.8 Å². The van der Waals surface area contributed by atoms with Gasteiger partial charge in [-0.1, -0.05) is 53.8 Å². The third-order valence-corrected chi connectivity index (χ3v) is 4.18. The number of urea groups is 1. The Hall–Kier alpha value is -2.80. The highest BCUT2D eigenvalue weighted by atomic mass is 32.1.